The minimum absolute atomic E-state index is 0.239. The van der Waals surface area contributed by atoms with Gasteiger partial charge in [0.25, 0.3) is 0 Å². The minimum atomic E-state index is 0.239. The lowest BCUT2D eigenvalue weighted by atomic mass is 10.1. The van der Waals surface area contributed by atoms with Crippen LogP contribution < -0.4 is 5.32 Å². The number of hydrogen-bond acceptors (Lipinski definition) is 4. The first-order valence-electron chi connectivity index (χ1n) is 7.06. The van der Waals surface area contributed by atoms with Crippen LogP contribution >= 0.6 is 0 Å². The summed E-state index contributed by atoms with van der Waals surface area (Å²) in [5.74, 6) is 0.672. The van der Waals surface area contributed by atoms with Gasteiger partial charge < -0.3 is 5.32 Å². The molecule has 0 radical (unpaired) electrons. The van der Waals surface area contributed by atoms with Crippen molar-refractivity contribution in [1.82, 2.24) is 20.3 Å². The molecule has 0 aliphatic rings. The molecule has 0 saturated carbocycles. The topological polar surface area (TPSA) is 50.7 Å². The van der Waals surface area contributed by atoms with Gasteiger partial charge >= 0.3 is 0 Å². The highest BCUT2D eigenvalue weighted by Gasteiger charge is 2.11. The third kappa shape index (κ3) is 2.62. The number of nitrogens with one attached hydrogen (secondary N) is 1. The minimum Gasteiger partial charge on any atom is -0.313 e. The zero-order valence-electron chi connectivity index (χ0n) is 12.5. The molecule has 0 bridgehead atoms. The Bertz CT molecular complexity index is 783. The maximum atomic E-state index is 4.64. The summed E-state index contributed by atoms with van der Waals surface area (Å²) in [7, 11) is 1.93. The Labute approximate surface area is 124 Å². The average molecular weight is 278 g/mol. The molecule has 0 aliphatic heterocycles. The monoisotopic (exact) mass is 278 g/mol. The molecule has 1 N–H and O–H groups in total. The highest BCUT2D eigenvalue weighted by atomic mass is 14.9. The fraction of sp³-hybridized carbons (Fsp3) is 0.235. The van der Waals surface area contributed by atoms with E-state index in [4.69, 9.17) is 0 Å². The van der Waals surface area contributed by atoms with E-state index in [1.807, 2.05) is 44.4 Å². The van der Waals surface area contributed by atoms with Gasteiger partial charge in [0.05, 0.1) is 5.52 Å². The lowest BCUT2D eigenvalue weighted by Gasteiger charge is -2.13. The summed E-state index contributed by atoms with van der Waals surface area (Å²) in [6, 6.07) is 12.3. The van der Waals surface area contributed by atoms with Crippen molar-refractivity contribution in [1.29, 1.82) is 0 Å². The van der Waals surface area contributed by atoms with Gasteiger partial charge in [-0.2, -0.15) is 0 Å². The van der Waals surface area contributed by atoms with Gasteiger partial charge in [-0.25, -0.2) is 15.0 Å². The van der Waals surface area contributed by atoms with E-state index >= 15 is 0 Å². The van der Waals surface area contributed by atoms with Crippen LogP contribution in [0.1, 0.15) is 24.2 Å². The molecule has 0 aliphatic carbocycles. The Hall–Kier alpha value is -2.33. The Morgan fingerprint density at radius 2 is 1.86 bits per heavy atom. The molecule has 3 aromatic rings. The van der Waals surface area contributed by atoms with Crippen LogP contribution in [0.3, 0.4) is 0 Å². The number of rotatable bonds is 3. The molecule has 106 valence electrons. The average Bonchev–Trinajstić information content (AvgIpc) is 2.53. The second kappa shape index (κ2) is 5.58. The van der Waals surface area contributed by atoms with E-state index in [9.17, 15) is 0 Å². The van der Waals surface area contributed by atoms with Crippen molar-refractivity contribution >= 4 is 10.9 Å². The van der Waals surface area contributed by atoms with Crippen LogP contribution in [-0.4, -0.2) is 22.0 Å². The van der Waals surface area contributed by atoms with E-state index < -0.39 is 0 Å². The molecule has 21 heavy (non-hydrogen) atoms. The molecular formula is C17H18N4. The second-order valence-electron chi connectivity index (χ2n) is 5.13. The van der Waals surface area contributed by atoms with Gasteiger partial charge in [-0.1, -0.05) is 24.3 Å². The Kier molecular flexibility index (Phi) is 3.62. The fourth-order valence-electron chi connectivity index (χ4n) is 2.37. The van der Waals surface area contributed by atoms with Crippen molar-refractivity contribution in [2.45, 2.75) is 19.9 Å². The summed E-state index contributed by atoms with van der Waals surface area (Å²) in [4.78, 5) is 13.7. The van der Waals surface area contributed by atoms with Gasteiger partial charge in [0.2, 0.25) is 0 Å². The van der Waals surface area contributed by atoms with Crippen molar-refractivity contribution in [3.63, 3.8) is 0 Å². The zero-order valence-corrected chi connectivity index (χ0v) is 12.5. The van der Waals surface area contributed by atoms with Crippen molar-refractivity contribution in [2.75, 3.05) is 7.05 Å². The first-order chi connectivity index (χ1) is 10.2. The highest BCUT2D eigenvalue weighted by molar-refractivity contribution is 5.80. The lowest BCUT2D eigenvalue weighted by molar-refractivity contribution is 0.641. The van der Waals surface area contributed by atoms with Gasteiger partial charge in [-0.3, -0.25) is 0 Å². The standard InChI is InChI=1S/C17H18N4/c1-11(18-3)14-10-19-17(20-12(14)2)16-9-8-13-6-4-5-7-15(13)21-16/h4-11,18H,1-3H3. The van der Waals surface area contributed by atoms with E-state index in [1.54, 1.807) is 0 Å². The fourth-order valence-corrected chi connectivity index (χ4v) is 2.37. The first kappa shape index (κ1) is 13.6. The van der Waals surface area contributed by atoms with Crippen LogP contribution in [0.15, 0.2) is 42.6 Å². The zero-order chi connectivity index (χ0) is 14.8. The maximum absolute atomic E-state index is 4.64. The van der Waals surface area contributed by atoms with E-state index in [2.05, 4.69) is 39.3 Å². The summed E-state index contributed by atoms with van der Waals surface area (Å²) >= 11 is 0. The SMILES string of the molecule is CNC(C)c1cnc(-c2ccc3ccccc3n2)nc1C. The van der Waals surface area contributed by atoms with Gasteiger partial charge in [0.1, 0.15) is 5.69 Å². The first-order valence-corrected chi connectivity index (χ1v) is 7.06. The van der Waals surface area contributed by atoms with Crippen LogP contribution in [0.25, 0.3) is 22.4 Å². The Morgan fingerprint density at radius 1 is 1.05 bits per heavy atom. The van der Waals surface area contributed by atoms with Gasteiger partial charge in [0, 0.05) is 28.9 Å². The van der Waals surface area contributed by atoms with E-state index in [-0.39, 0.29) is 6.04 Å². The van der Waals surface area contributed by atoms with Gasteiger partial charge in [0.15, 0.2) is 5.82 Å². The van der Waals surface area contributed by atoms with Crippen LogP contribution in [0, 0.1) is 6.92 Å². The summed E-state index contributed by atoms with van der Waals surface area (Å²) < 4.78 is 0. The lowest BCUT2D eigenvalue weighted by Crippen LogP contribution is -2.15. The largest absolute Gasteiger partial charge is 0.313 e. The number of para-hydroxylation sites is 1. The third-order valence-electron chi connectivity index (χ3n) is 3.74. The summed E-state index contributed by atoms with van der Waals surface area (Å²) in [6.07, 6.45) is 1.88. The van der Waals surface area contributed by atoms with E-state index in [0.717, 1.165) is 27.9 Å². The van der Waals surface area contributed by atoms with Crippen molar-refractivity contribution < 1.29 is 0 Å². The smallest absolute Gasteiger partial charge is 0.178 e. The number of benzene rings is 1. The molecule has 1 atom stereocenters. The predicted octanol–water partition coefficient (Wildman–Crippen LogP) is 3.28. The van der Waals surface area contributed by atoms with Crippen molar-refractivity contribution in [3.8, 4) is 11.5 Å². The second-order valence-corrected chi connectivity index (χ2v) is 5.13. The van der Waals surface area contributed by atoms with Crippen LogP contribution in [-0.2, 0) is 0 Å². The van der Waals surface area contributed by atoms with Gasteiger partial charge in [-0.15, -0.1) is 0 Å². The molecule has 2 heterocycles. The van der Waals surface area contributed by atoms with Gasteiger partial charge in [-0.05, 0) is 33.0 Å². The molecule has 3 rings (SSSR count). The summed E-state index contributed by atoms with van der Waals surface area (Å²) in [5, 5.41) is 4.33. The molecule has 4 heteroatoms. The number of nitrogens with zero attached hydrogens (tertiary/aromatic N) is 3. The molecule has 1 aromatic carbocycles. The highest BCUT2D eigenvalue weighted by Crippen LogP contribution is 2.20. The molecule has 1 unspecified atom stereocenters. The summed E-state index contributed by atoms with van der Waals surface area (Å²) in [6.45, 7) is 4.11. The Morgan fingerprint density at radius 3 is 2.62 bits per heavy atom. The maximum Gasteiger partial charge on any atom is 0.178 e. The van der Waals surface area contributed by atoms with E-state index in [1.165, 1.54) is 0 Å². The number of hydrogen-bond donors (Lipinski definition) is 1. The van der Waals surface area contributed by atoms with Crippen LogP contribution in [0.2, 0.25) is 0 Å². The number of aromatic nitrogens is 3. The van der Waals surface area contributed by atoms with Crippen LogP contribution in [0.4, 0.5) is 0 Å². The van der Waals surface area contributed by atoms with E-state index in [0.29, 0.717) is 5.82 Å². The quantitative estimate of drug-likeness (QED) is 0.798. The Balaban J connectivity index is 2.04. The summed E-state index contributed by atoms with van der Waals surface area (Å²) in [5.41, 5.74) is 3.86. The van der Waals surface area contributed by atoms with Crippen LogP contribution in [0.5, 0.6) is 0 Å². The normalized spacial score (nSPS) is 12.5. The number of aryl methyl sites for hydroxylation is 1. The molecule has 2 aromatic heterocycles. The molecule has 0 saturated heterocycles. The molecule has 0 spiro atoms. The van der Waals surface area contributed by atoms with Crippen molar-refractivity contribution in [2.24, 2.45) is 0 Å². The predicted molar refractivity (Wildman–Crippen MR) is 85.0 cm³/mol. The molecular weight excluding hydrogens is 260 g/mol. The molecule has 4 nitrogen and oxygen atoms in total. The number of fused-ring (bicyclic) bond motifs is 1. The molecule has 0 fully saturated rings. The third-order valence-corrected chi connectivity index (χ3v) is 3.74. The molecule has 0 amide bonds. The number of pyridine rings is 1. The van der Waals surface area contributed by atoms with Crippen molar-refractivity contribution in [3.05, 3.63) is 53.9 Å².